The van der Waals surface area contributed by atoms with Gasteiger partial charge in [0.1, 0.15) is 0 Å². The molecule has 8 nitrogen and oxygen atoms in total. The summed E-state index contributed by atoms with van der Waals surface area (Å²) in [6.07, 6.45) is -1.42. The highest BCUT2D eigenvalue weighted by atomic mass is 19.4. The van der Waals surface area contributed by atoms with Crippen LogP contribution in [0.25, 0.3) is 5.69 Å². The molecule has 11 heteroatoms. The molecule has 1 N–H and O–H groups in total. The molecular formula is C25H20F3N5O3. The maximum atomic E-state index is 13.2. The van der Waals surface area contributed by atoms with Crippen molar-refractivity contribution in [3.05, 3.63) is 122 Å². The van der Waals surface area contributed by atoms with Gasteiger partial charge in [0, 0.05) is 18.9 Å². The first-order valence-corrected chi connectivity index (χ1v) is 10.8. The number of hydrogen-bond donors (Lipinski definition) is 1. The van der Waals surface area contributed by atoms with Crippen LogP contribution in [0.4, 0.5) is 13.2 Å². The molecule has 2 aromatic heterocycles. The normalized spacial score (nSPS) is 11.3. The molecule has 4 aromatic rings. The molecule has 2 heterocycles. The van der Waals surface area contributed by atoms with E-state index in [4.69, 9.17) is 0 Å². The van der Waals surface area contributed by atoms with E-state index in [9.17, 15) is 27.6 Å². The van der Waals surface area contributed by atoms with Crippen LogP contribution in [0.1, 0.15) is 32.7 Å². The Balaban J connectivity index is 1.75. The van der Waals surface area contributed by atoms with E-state index in [-0.39, 0.29) is 18.7 Å². The third kappa shape index (κ3) is 5.40. The lowest BCUT2D eigenvalue weighted by Gasteiger charge is -2.13. The quantitative estimate of drug-likeness (QED) is 0.443. The number of halogens is 3. The average Bonchev–Trinajstić information content (AvgIpc) is 2.86. The summed E-state index contributed by atoms with van der Waals surface area (Å²) < 4.78 is 40.4. The number of nitrogens with zero attached hydrogens (tertiary/aromatic N) is 4. The second-order valence-electron chi connectivity index (χ2n) is 8.00. The molecule has 0 fully saturated rings. The minimum absolute atomic E-state index is 0.0883. The summed E-state index contributed by atoms with van der Waals surface area (Å²) in [5.74, 6) is -0.807. The fourth-order valence-electron chi connectivity index (χ4n) is 3.40. The van der Waals surface area contributed by atoms with Crippen LogP contribution in [0.5, 0.6) is 0 Å². The molecule has 0 saturated heterocycles. The number of pyridine rings is 1. The number of amides is 1. The maximum Gasteiger partial charge on any atom is 0.416 e. The molecular weight excluding hydrogens is 475 g/mol. The number of nitrogens with one attached hydrogen (secondary N) is 1. The smallest absolute Gasteiger partial charge is 0.346 e. The second kappa shape index (κ2) is 9.98. The number of benzene rings is 2. The van der Waals surface area contributed by atoms with Crippen molar-refractivity contribution < 1.29 is 18.0 Å². The monoisotopic (exact) mass is 495 g/mol. The first-order valence-electron chi connectivity index (χ1n) is 10.8. The van der Waals surface area contributed by atoms with E-state index in [0.29, 0.717) is 5.69 Å². The highest BCUT2D eigenvalue weighted by Crippen LogP contribution is 2.29. The Kier molecular flexibility index (Phi) is 6.82. The van der Waals surface area contributed by atoms with Gasteiger partial charge in [0.25, 0.3) is 11.5 Å². The summed E-state index contributed by atoms with van der Waals surface area (Å²) in [5.41, 5.74) is -0.958. The first-order chi connectivity index (χ1) is 17.1. The second-order valence-corrected chi connectivity index (χ2v) is 8.00. The number of aryl methyl sites for hydroxylation is 1. The summed E-state index contributed by atoms with van der Waals surface area (Å²) in [4.78, 5) is 43.2. The molecule has 0 bridgehead atoms. The van der Waals surface area contributed by atoms with Crippen LogP contribution in [-0.4, -0.2) is 25.2 Å². The van der Waals surface area contributed by atoms with Gasteiger partial charge in [0.2, 0.25) is 5.69 Å². The number of hydrogen-bond acceptors (Lipinski definition) is 5. The maximum absolute atomic E-state index is 13.2. The summed E-state index contributed by atoms with van der Waals surface area (Å²) in [6, 6.07) is 14.1. The number of aromatic nitrogens is 4. The van der Waals surface area contributed by atoms with Gasteiger partial charge in [-0.2, -0.15) is 23.0 Å². The van der Waals surface area contributed by atoms with Crippen LogP contribution < -0.4 is 16.6 Å². The summed E-state index contributed by atoms with van der Waals surface area (Å²) in [7, 11) is 0. The molecule has 1 amide bonds. The fraction of sp³-hybridized carbons (Fsp3) is 0.160. The molecule has 184 valence electrons. The Bertz CT molecular complexity index is 1490. The van der Waals surface area contributed by atoms with Crippen molar-refractivity contribution in [2.24, 2.45) is 0 Å². The summed E-state index contributed by atoms with van der Waals surface area (Å²) >= 11 is 0. The van der Waals surface area contributed by atoms with Crippen LogP contribution in [0.2, 0.25) is 0 Å². The molecule has 0 atom stereocenters. The standard InChI is InChI=1S/C25H20F3N5O3/c1-16-2-8-20(9-3-16)33-24(36)32(15-18-4-6-19(7-5-18)25(26,27)28)23(35)21(31-33)22(34)30-14-17-10-12-29-13-11-17/h2-13H,14-15H2,1H3,(H,30,34). The third-order valence-corrected chi connectivity index (χ3v) is 5.38. The molecule has 0 radical (unpaired) electrons. The van der Waals surface area contributed by atoms with Gasteiger partial charge < -0.3 is 5.32 Å². The SMILES string of the molecule is Cc1ccc(-n2nc(C(=O)NCc3ccncc3)c(=O)n(Cc3ccc(C(F)(F)F)cc3)c2=O)cc1. The van der Waals surface area contributed by atoms with Crippen LogP contribution in [0.3, 0.4) is 0 Å². The minimum Gasteiger partial charge on any atom is -0.346 e. The van der Waals surface area contributed by atoms with E-state index in [2.05, 4.69) is 15.4 Å². The van der Waals surface area contributed by atoms with Crippen LogP contribution in [0, 0.1) is 6.92 Å². The van der Waals surface area contributed by atoms with Crippen molar-refractivity contribution in [1.29, 1.82) is 0 Å². The van der Waals surface area contributed by atoms with Crippen LogP contribution >= 0.6 is 0 Å². The minimum atomic E-state index is -4.52. The van der Waals surface area contributed by atoms with Crippen molar-refractivity contribution in [2.75, 3.05) is 0 Å². The van der Waals surface area contributed by atoms with E-state index in [0.717, 1.165) is 32.5 Å². The lowest BCUT2D eigenvalue weighted by atomic mass is 10.1. The lowest BCUT2D eigenvalue weighted by Crippen LogP contribution is -2.46. The van der Waals surface area contributed by atoms with Crippen molar-refractivity contribution in [1.82, 2.24) is 24.6 Å². The average molecular weight is 495 g/mol. The third-order valence-electron chi connectivity index (χ3n) is 5.38. The predicted octanol–water partition coefficient (Wildman–Crippen LogP) is 3.09. The van der Waals surface area contributed by atoms with Crippen molar-refractivity contribution >= 4 is 5.91 Å². The molecule has 0 aliphatic carbocycles. The predicted molar refractivity (Wildman–Crippen MR) is 125 cm³/mol. The molecule has 0 spiro atoms. The zero-order valence-electron chi connectivity index (χ0n) is 19.0. The molecule has 4 rings (SSSR count). The van der Waals surface area contributed by atoms with Gasteiger partial charge in [-0.05, 0) is 54.4 Å². The lowest BCUT2D eigenvalue weighted by molar-refractivity contribution is -0.137. The highest BCUT2D eigenvalue weighted by molar-refractivity contribution is 5.91. The molecule has 2 aromatic carbocycles. The van der Waals surface area contributed by atoms with E-state index in [1.54, 1.807) is 48.8 Å². The van der Waals surface area contributed by atoms with Gasteiger partial charge in [-0.3, -0.25) is 19.1 Å². The van der Waals surface area contributed by atoms with Gasteiger partial charge in [0.15, 0.2) is 0 Å². The first kappa shape index (κ1) is 24.6. The number of carbonyl (C=O) groups excluding carboxylic acids is 1. The van der Waals surface area contributed by atoms with Crippen molar-refractivity contribution in [3.8, 4) is 5.69 Å². The van der Waals surface area contributed by atoms with Gasteiger partial charge in [-0.1, -0.05) is 29.8 Å². The topological polar surface area (TPSA) is 98.9 Å². The van der Waals surface area contributed by atoms with Gasteiger partial charge in [0.05, 0.1) is 17.8 Å². The number of carbonyl (C=O) groups is 1. The molecule has 0 aliphatic heterocycles. The molecule has 0 saturated carbocycles. The van der Waals surface area contributed by atoms with E-state index in [1.807, 2.05) is 6.92 Å². The van der Waals surface area contributed by atoms with Gasteiger partial charge in [-0.15, -0.1) is 0 Å². The number of rotatable bonds is 6. The van der Waals surface area contributed by atoms with E-state index in [1.165, 1.54) is 12.1 Å². The Morgan fingerprint density at radius 2 is 1.56 bits per heavy atom. The van der Waals surface area contributed by atoms with Crippen molar-refractivity contribution in [2.45, 2.75) is 26.2 Å². The Hall–Kier alpha value is -4.54. The Morgan fingerprint density at radius 3 is 2.17 bits per heavy atom. The molecule has 0 aliphatic rings. The van der Waals surface area contributed by atoms with E-state index < -0.39 is 34.6 Å². The van der Waals surface area contributed by atoms with Crippen LogP contribution in [-0.2, 0) is 19.3 Å². The largest absolute Gasteiger partial charge is 0.416 e. The summed E-state index contributed by atoms with van der Waals surface area (Å²) in [6.45, 7) is 1.59. The summed E-state index contributed by atoms with van der Waals surface area (Å²) in [5, 5.41) is 6.63. The van der Waals surface area contributed by atoms with E-state index >= 15 is 0 Å². The zero-order valence-corrected chi connectivity index (χ0v) is 19.0. The van der Waals surface area contributed by atoms with Crippen molar-refractivity contribution in [3.63, 3.8) is 0 Å². The van der Waals surface area contributed by atoms with Gasteiger partial charge in [-0.25, -0.2) is 4.79 Å². The van der Waals surface area contributed by atoms with Gasteiger partial charge >= 0.3 is 11.9 Å². The Morgan fingerprint density at radius 1 is 0.917 bits per heavy atom. The molecule has 36 heavy (non-hydrogen) atoms. The Labute approximate surface area is 202 Å². The fourth-order valence-corrected chi connectivity index (χ4v) is 3.40. The zero-order chi connectivity index (χ0) is 25.9. The molecule has 0 unspecified atom stereocenters. The van der Waals surface area contributed by atoms with Crippen LogP contribution in [0.15, 0.2) is 82.6 Å². The highest BCUT2D eigenvalue weighted by Gasteiger charge is 2.30. The number of alkyl halides is 3.